The average molecular weight is 467 g/mol. The van der Waals surface area contributed by atoms with Crippen LogP contribution in [-0.2, 0) is 11.2 Å². The van der Waals surface area contributed by atoms with Crippen LogP contribution in [-0.4, -0.2) is 50.8 Å². The summed E-state index contributed by atoms with van der Waals surface area (Å²) in [5.41, 5.74) is 1.39. The number of aliphatic imine (C=N–C) groups is 1. The maximum atomic E-state index is 5.57. The van der Waals surface area contributed by atoms with Crippen molar-refractivity contribution >= 4 is 40.7 Å². The van der Waals surface area contributed by atoms with Crippen LogP contribution in [0.2, 0.25) is 0 Å². The molecule has 0 aromatic heterocycles. The standard InChI is InChI=1S/C21H29N3O.HI/c1-3-25-16-17-12-14-24(15-17)21(22-2)23-13-11-19-9-6-8-18-7-4-5-10-20(18)19;/h4-10,17H,3,11-16H2,1-2H3,(H,22,23);1H. The van der Waals surface area contributed by atoms with E-state index in [2.05, 4.69) is 64.6 Å². The van der Waals surface area contributed by atoms with Gasteiger partial charge in [0.25, 0.3) is 0 Å². The van der Waals surface area contributed by atoms with E-state index in [0.29, 0.717) is 5.92 Å². The van der Waals surface area contributed by atoms with Gasteiger partial charge in [0.15, 0.2) is 5.96 Å². The lowest BCUT2D eigenvalue weighted by atomic mass is 10.0. The SMILES string of the molecule is CCOCC1CCN(C(=NC)NCCc2cccc3ccccc23)C1.I. The third-order valence-corrected chi connectivity index (χ3v) is 4.91. The van der Waals surface area contributed by atoms with Crippen LogP contribution in [0.25, 0.3) is 10.8 Å². The molecule has 0 radical (unpaired) electrons. The topological polar surface area (TPSA) is 36.9 Å². The second-order valence-electron chi connectivity index (χ2n) is 6.62. The summed E-state index contributed by atoms with van der Waals surface area (Å²) in [4.78, 5) is 6.82. The Bertz CT molecular complexity index is 714. The van der Waals surface area contributed by atoms with Gasteiger partial charge in [0.2, 0.25) is 0 Å². The molecule has 1 heterocycles. The molecule has 0 saturated carbocycles. The number of benzene rings is 2. The van der Waals surface area contributed by atoms with Gasteiger partial charge in [0.05, 0.1) is 6.61 Å². The van der Waals surface area contributed by atoms with Gasteiger partial charge in [-0.25, -0.2) is 0 Å². The van der Waals surface area contributed by atoms with E-state index in [9.17, 15) is 0 Å². The lowest BCUT2D eigenvalue weighted by molar-refractivity contribution is 0.114. The molecule has 3 rings (SSSR count). The molecule has 1 N–H and O–H groups in total. The maximum absolute atomic E-state index is 5.57. The molecule has 0 bridgehead atoms. The highest BCUT2D eigenvalue weighted by Gasteiger charge is 2.24. The lowest BCUT2D eigenvalue weighted by Gasteiger charge is -2.22. The zero-order valence-corrected chi connectivity index (χ0v) is 18.1. The number of nitrogens with zero attached hydrogens (tertiary/aromatic N) is 2. The molecule has 5 heteroatoms. The number of likely N-dealkylation sites (tertiary alicyclic amines) is 1. The Morgan fingerprint density at radius 2 is 2.04 bits per heavy atom. The first-order valence-corrected chi connectivity index (χ1v) is 9.31. The Balaban J connectivity index is 0.00000243. The van der Waals surface area contributed by atoms with Crippen LogP contribution < -0.4 is 5.32 Å². The van der Waals surface area contributed by atoms with Gasteiger partial charge in [-0.3, -0.25) is 4.99 Å². The first-order valence-electron chi connectivity index (χ1n) is 9.31. The fraction of sp³-hybridized carbons (Fsp3) is 0.476. The van der Waals surface area contributed by atoms with Crippen LogP contribution >= 0.6 is 24.0 Å². The molecule has 0 spiro atoms. The summed E-state index contributed by atoms with van der Waals surface area (Å²) in [5, 5.41) is 6.19. The molecule has 1 fully saturated rings. The number of ether oxygens (including phenoxy) is 1. The fourth-order valence-corrected chi connectivity index (χ4v) is 3.60. The second-order valence-corrected chi connectivity index (χ2v) is 6.62. The van der Waals surface area contributed by atoms with E-state index in [1.807, 2.05) is 7.05 Å². The van der Waals surface area contributed by atoms with Crippen LogP contribution in [0, 0.1) is 5.92 Å². The van der Waals surface area contributed by atoms with E-state index in [4.69, 9.17) is 4.74 Å². The van der Waals surface area contributed by atoms with Crippen molar-refractivity contribution in [3.05, 3.63) is 48.0 Å². The maximum Gasteiger partial charge on any atom is 0.193 e. The average Bonchev–Trinajstić information content (AvgIpc) is 3.12. The third-order valence-electron chi connectivity index (χ3n) is 4.91. The normalized spacial score (nSPS) is 17.4. The molecule has 4 nitrogen and oxygen atoms in total. The van der Waals surface area contributed by atoms with E-state index in [1.165, 1.54) is 22.8 Å². The Morgan fingerprint density at radius 3 is 2.85 bits per heavy atom. The summed E-state index contributed by atoms with van der Waals surface area (Å²) in [5.74, 6) is 1.64. The van der Waals surface area contributed by atoms with Crippen molar-refractivity contribution in [1.82, 2.24) is 10.2 Å². The first kappa shape index (κ1) is 21.0. The van der Waals surface area contributed by atoms with E-state index in [0.717, 1.165) is 45.2 Å². The van der Waals surface area contributed by atoms with Crippen LogP contribution in [0.4, 0.5) is 0 Å². The Kier molecular flexibility index (Phi) is 8.65. The predicted octanol–water partition coefficient (Wildman–Crippen LogP) is 3.93. The smallest absolute Gasteiger partial charge is 0.193 e. The van der Waals surface area contributed by atoms with Crippen molar-refractivity contribution in [2.45, 2.75) is 19.8 Å². The number of halogens is 1. The molecule has 0 aliphatic carbocycles. The quantitative estimate of drug-likeness (QED) is 0.398. The Hall–Kier alpha value is -1.34. The predicted molar refractivity (Wildman–Crippen MR) is 121 cm³/mol. The van der Waals surface area contributed by atoms with Gasteiger partial charge < -0.3 is 15.0 Å². The van der Waals surface area contributed by atoms with Crippen LogP contribution in [0.3, 0.4) is 0 Å². The summed E-state index contributed by atoms with van der Waals surface area (Å²) < 4.78 is 5.57. The summed E-state index contributed by atoms with van der Waals surface area (Å²) in [6.07, 6.45) is 2.18. The summed E-state index contributed by atoms with van der Waals surface area (Å²) in [6.45, 7) is 6.71. The van der Waals surface area contributed by atoms with Gasteiger partial charge in [-0.05, 0) is 36.1 Å². The zero-order valence-electron chi connectivity index (χ0n) is 15.8. The molecule has 2 aromatic carbocycles. The number of hydrogen-bond acceptors (Lipinski definition) is 2. The molecule has 2 aromatic rings. The van der Waals surface area contributed by atoms with Gasteiger partial charge in [0, 0.05) is 39.2 Å². The number of rotatable bonds is 6. The van der Waals surface area contributed by atoms with Crippen LogP contribution in [0.5, 0.6) is 0 Å². The highest BCUT2D eigenvalue weighted by molar-refractivity contribution is 14.0. The molecule has 1 saturated heterocycles. The van der Waals surface area contributed by atoms with E-state index >= 15 is 0 Å². The van der Waals surface area contributed by atoms with Crippen molar-refractivity contribution in [3.63, 3.8) is 0 Å². The van der Waals surface area contributed by atoms with E-state index in [-0.39, 0.29) is 24.0 Å². The number of nitrogens with one attached hydrogen (secondary N) is 1. The molecule has 1 aliphatic heterocycles. The van der Waals surface area contributed by atoms with Crippen molar-refractivity contribution in [3.8, 4) is 0 Å². The Morgan fingerprint density at radius 1 is 1.23 bits per heavy atom. The van der Waals surface area contributed by atoms with Gasteiger partial charge in [-0.2, -0.15) is 0 Å². The van der Waals surface area contributed by atoms with Crippen molar-refractivity contribution in [1.29, 1.82) is 0 Å². The van der Waals surface area contributed by atoms with E-state index in [1.54, 1.807) is 0 Å². The second kappa shape index (κ2) is 10.7. The largest absolute Gasteiger partial charge is 0.381 e. The minimum absolute atomic E-state index is 0. The van der Waals surface area contributed by atoms with Crippen LogP contribution in [0.1, 0.15) is 18.9 Å². The monoisotopic (exact) mass is 467 g/mol. The summed E-state index contributed by atoms with van der Waals surface area (Å²) in [7, 11) is 1.87. The number of hydrogen-bond donors (Lipinski definition) is 1. The zero-order chi connectivity index (χ0) is 17.5. The molecule has 26 heavy (non-hydrogen) atoms. The highest BCUT2D eigenvalue weighted by atomic mass is 127. The van der Waals surface area contributed by atoms with E-state index < -0.39 is 0 Å². The minimum atomic E-state index is 0. The fourth-order valence-electron chi connectivity index (χ4n) is 3.60. The molecule has 1 aliphatic rings. The first-order chi connectivity index (χ1) is 12.3. The lowest BCUT2D eigenvalue weighted by Crippen LogP contribution is -2.41. The molecule has 0 amide bonds. The van der Waals surface area contributed by atoms with Gasteiger partial charge >= 0.3 is 0 Å². The van der Waals surface area contributed by atoms with Crippen molar-refractivity contribution in [2.75, 3.05) is 39.9 Å². The van der Waals surface area contributed by atoms with Crippen LogP contribution in [0.15, 0.2) is 47.5 Å². The molecular formula is C21H30IN3O. The van der Waals surface area contributed by atoms with Gasteiger partial charge in [-0.1, -0.05) is 42.5 Å². The molecule has 1 unspecified atom stereocenters. The molecule has 142 valence electrons. The third kappa shape index (κ3) is 5.33. The highest BCUT2D eigenvalue weighted by Crippen LogP contribution is 2.19. The number of guanidine groups is 1. The summed E-state index contributed by atoms with van der Waals surface area (Å²) in [6, 6.07) is 15.1. The van der Waals surface area contributed by atoms with Gasteiger partial charge in [0.1, 0.15) is 0 Å². The minimum Gasteiger partial charge on any atom is -0.381 e. The van der Waals surface area contributed by atoms with Gasteiger partial charge in [-0.15, -0.1) is 24.0 Å². The Labute approximate surface area is 174 Å². The van der Waals surface area contributed by atoms with Crippen molar-refractivity contribution < 1.29 is 4.74 Å². The molecule has 1 atom stereocenters. The summed E-state index contributed by atoms with van der Waals surface area (Å²) >= 11 is 0. The number of fused-ring (bicyclic) bond motifs is 1. The van der Waals surface area contributed by atoms with Crippen molar-refractivity contribution in [2.24, 2.45) is 10.9 Å². The molecular weight excluding hydrogens is 437 g/mol.